The summed E-state index contributed by atoms with van der Waals surface area (Å²) in [5.74, 6) is 2.20. The molecule has 3 heteroatoms. The molecule has 2 rings (SSSR count). The minimum absolute atomic E-state index is 0.413. The molecule has 0 radical (unpaired) electrons. The van der Waals surface area contributed by atoms with Crippen LogP contribution in [0.3, 0.4) is 0 Å². The number of hydrogen-bond acceptors (Lipinski definition) is 3. The van der Waals surface area contributed by atoms with Crippen molar-refractivity contribution in [3.8, 4) is 5.75 Å². The molecule has 3 atom stereocenters. The number of thioether (sulfide) groups is 1. The van der Waals surface area contributed by atoms with E-state index >= 15 is 0 Å². The summed E-state index contributed by atoms with van der Waals surface area (Å²) >= 11 is 2.07. The molecule has 1 aliphatic rings. The topological polar surface area (TPSA) is 21.3 Å². The molecule has 100 valence electrons. The number of benzene rings is 1. The van der Waals surface area contributed by atoms with Gasteiger partial charge in [-0.05, 0) is 38.0 Å². The fourth-order valence-corrected chi connectivity index (χ4v) is 3.56. The monoisotopic (exact) mass is 265 g/mol. The van der Waals surface area contributed by atoms with Gasteiger partial charge in [0, 0.05) is 23.1 Å². The fourth-order valence-electron chi connectivity index (χ4n) is 2.40. The maximum atomic E-state index is 5.46. The molecule has 1 aromatic carbocycles. The largest absolute Gasteiger partial charge is 0.494 e. The van der Waals surface area contributed by atoms with Gasteiger partial charge in [-0.1, -0.05) is 19.1 Å². The predicted molar refractivity (Wildman–Crippen MR) is 79.5 cm³/mol. The predicted octanol–water partition coefficient (Wildman–Crippen LogP) is 3.63. The molecule has 0 amide bonds. The molecule has 1 aliphatic heterocycles. The maximum Gasteiger partial charge on any atom is 0.119 e. The van der Waals surface area contributed by atoms with Crippen LogP contribution in [0.4, 0.5) is 0 Å². The second-order valence-corrected chi connectivity index (χ2v) is 6.44. The highest BCUT2D eigenvalue weighted by Crippen LogP contribution is 2.28. The lowest BCUT2D eigenvalue weighted by Crippen LogP contribution is -2.31. The first-order chi connectivity index (χ1) is 8.69. The molecule has 1 heterocycles. The smallest absolute Gasteiger partial charge is 0.119 e. The zero-order valence-electron chi connectivity index (χ0n) is 11.5. The highest BCUT2D eigenvalue weighted by Gasteiger charge is 2.23. The van der Waals surface area contributed by atoms with E-state index < -0.39 is 0 Å². The van der Waals surface area contributed by atoms with Crippen LogP contribution in [0, 0.1) is 0 Å². The fraction of sp³-hybridized carbons (Fsp3) is 0.600. The van der Waals surface area contributed by atoms with Crippen LogP contribution in [-0.4, -0.2) is 23.7 Å². The van der Waals surface area contributed by atoms with E-state index in [-0.39, 0.29) is 0 Å². The van der Waals surface area contributed by atoms with E-state index in [2.05, 4.69) is 55.2 Å². The van der Waals surface area contributed by atoms with Crippen molar-refractivity contribution in [2.24, 2.45) is 0 Å². The lowest BCUT2D eigenvalue weighted by atomic mass is 10.1. The molecule has 0 bridgehead atoms. The third-order valence-electron chi connectivity index (χ3n) is 3.38. The Hall–Kier alpha value is -0.670. The first-order valence-electron chi connectivity index (χ1n) is 6.79. The minimum Gasteiger partial charge on any atom is -0.494 e. The Morgan fingerprint density at radius 1 is 1.39 bits per heavy atom. The van der Waals surface area contributed by atoms with Gasteiger partial charge in [-0.2, -0.15) is 11.8 Å². The van der Waals surface area contributed by atoms with E-state index in [0.29, 0.717) is 12.1 Å². The average Bonchev–Trinajstić information content (AvgIpc) is 2.76. The summed E-state index contributed by atoms with van der Waals surface area (Å²) in [6, 6.07) is 9.51. The van der Waals surface area contributed by atoms with Crippen LogP contribution in [-0.2, 0) is 0 Å². The first-order valence-corrected chi connectivity index (χ1v) is 7.84. The van der Waals surface area contributed by atoms with Crippen LogP contribution in [0.1, 0.15) is 38.8 Å². The van der Waals surface area contributed by atoms with Crippen molar-refractivity contribution in [3.63, 3.8) is 0 Å². The van der Waals surface area contributed by atoms with Gasteiger partial charge in [0.2, 0.25) is 0 Å². The molecular formula is C15H23NOS. The molecule has 18 heavy (non-hydrogen) atoms. The quantitative estimate of drug-likeness (QED) is 0.878. The van der Waals surface area contributed by atoms with Crippen LogP contribution < -0.4 is 10.1 Å². The molecule has 0 aliphatic carbocycles. The van der Waals surface area contributed by atoms with Crippen LogP contribution >= 0.6 is 11.8 Å². The number of rotatable bonds is 5. The Kier molecular flexibility index (Phi) is 4.95. The van der Waals surface area contributed by atoms with E-state index in [1.54, 1.807) is 0 Å². The molecule has 0 saturated carbocycles. The van der Waals surface area contributed by atoms with Crippen molar-refractivity contribution in [2.75, 3.05) is 12.4 Å². The molecule has 2 nitrogen and oxygen atoms in total. The summed E-state index contributed by atoms with van der Waals surface area (Å²) in [5.41, 5.74) is 1.34. The van der Waals surface area contributed by atoms with Crippen LogP contribution in [0.25, 0.3) is 0 Å². The van der Waals surface area contributed by atoms with Crippen molar-refractivity contribution in [3.05, 3.63) is 29.8 Å². The molecule has 1 N–H and O–H groups in total. The number of ether oxygens (including phenoxy) is 1. The summed E-state index contributed by atoms with van der Waals surface area (Å²) < 4.78 is 5.46. The summed E-state index contributed by atoms with van der Waals surface area (Å²) in [6.45, 7) is 7.29. The maximum absolute atomic E-state index is 5.46. The number of hydrogen-bond donors (Lipinski definition) is 1. The second kappa shape index (κ2) is 6.48. The van der Waals surface area contributed by atoms with Gasteiger partial charge in [-0.15, -0.1) is 0 Å². The normalized spacial score (nSPS) is 25.1. The van der Waals surface area contributed by atoms with Gasteiger partial charge < -0.3 is 10.1 Å². The van der Waals surface area contributed by atoms with E-state index in [9.17, 15) is 0 Å². The average molecular weight is 265 g/mol. The van der Waals surface area contributed by atoms with Gasteiger partial charge in [0.25, 0.3) is 0 Å². The second-order valence-electron chi connectivity index (χ2n) is 4.97. The summed E-state index contributed by atoms with van der Waals surface area (Å²) in [6.07, 6.45) is 1.28. The Balaban J connectivity index is 1.90. The third kappa shape index (κ3) is 3.66. The van der Waals surface area contributed by atoms with Gasteiger partial charge in [-0.25, -0.2) is 0 Å². The van der Waals surface area contributed by atoms with Gasteiger partial charge >= 0.3 is 0 Å². The molecule has 1 saturated heterocycles. The van der Waals surface area contributed by atoms with E-state index in [4.69, 9.17) is 4.74 Å². The zero-order chi connectivity index (χ0) is 13.0. The lowest BCUT2D eigenvalue weighted by molar-refractivity contribution is 0.340. The van der Waals surface area contributed by atoms with E-state index in [0.717, 1.165) is 17.6 Å². The minimum atomic E-state index is 0.413. The molecule has 3 unspecified atom stereocenters. The van der Waals surface area contributed by atoms with E-state index in [1.165, 1.54) is 17.7 Å². The van der Waals surface area contributed by atoms with Gasteiger partial charge in [0.15, 0.2) is 0 Å². The first kappa shape index (κ1) is 13.8. The summed E-state index contributed by atoms with van der Waals surface area (Å²) in [5, 5.41) is 4.52. The Morgan fingerprint density at radius 3 is 2.67 bits per heavy atom. The highest BCUT2D eigenvalue weighted by molar-refractivity contribution is 8.00. The van der Waals surface area contributed by atoms with Gasteiger partial charge in [-0.3, -0.25) is 0 Å². The van der Waals surface area contributed by atoms with Crippen molar-refractivity contribution in [2.45, 2.75) is 44.5 Å². The van der Waals surface area contributed by atoms with Crippen molar-refractivity contribution in [1.29, 1.82) is 0 Å². The van der Waals surface area contributed by atoms with Gasteiger partial charge in [0.05, 0.1) is 6.61 Å². The van der Waals surface area contributed by atoms with Crippen LogP contribution in [0.2, 0.25) is 0 Å². The highest BCUT2D eigenvalue weighted by atomic mass is 32.2. The summed E-state index contributed by atoms with van der Waals surface area (Å²) in [7, 11) is 0. The third-order valence-corrected chi connectivity index (χ3v) is 4.73. The standard InChI is InChI=1S/C15H23NOS/c1-4-17-15-7-5-13(6-8-15)12(3)16-14-9-11(2)18-10-14/h5-8,11-12,14,16H,4,9-10H2,1-3H3. The molecule has 1 aromatic rings. The van der Waals surface area contributed by atoms with Crippen LogP contribution in [0.15, 0.2) is 24.3 Å². The van der Waals surface area contributed by atoms with Crippen molar-refractivity contribution < 1.29 is 4.74 Å². The van der Waals surface area contributed by atoms with Crippen molar-refractivity contribution >= 4 is 11.8 Å². The molecule has 1 fully saturated rings. The van der Waals surface area contributed by atoms with E-state index in [1.807, 2.05) is 6.92 Å². The molecule has 0 aromatic heterocycles. The zero-order valence-corrected chi connectivity index (χ0v) is 12.3. The lowest BCUT2D eigenvalue weighted by Gasteiger charge is -2.19. The Labute approximate surface area is 114 Å². The summed E-state index contributed by atoms with van der Waals surface area (Å²) in [4.78, 5) is 0. The SMILES string of the molecule is CCOc1ccc(C(C)NC2CSC(C)C2)cc1. The number of nitrogens with one attached hydrogen (secondary N) is 1. The van der Waals surface area contributed by atoms with Crippen LogP contribution in [0.5, 0.6) is 5.75 Å². The Bertz CT molecular complexity index is 365. The molecule has 0 spiro atoms. The van der Waals surface area contributed by atoms with Gasteiger partial charge in [0.1, 0.15) is 5.75 Å². The Morgan fingerprint density at radius 2 is 2.11 bits per heavy atom. The van der Waals surface area contributed by atoms with Crippen molar-refractivity contribution in [1.82, 2.24) is 5.32 Å². The molecular weight excluding hydrogens is 242 g/mol.